The molecule has 1 aliphatic rings. The third kappa shape index (κ3) is 6.34. The van der Waals surface area contributed by atoms with Crippen LogP contribution in [0.25, 0.3) is 72.0 Å². The average molecular weight is 797 g/mol. The van der Waals surface area contributed by atoms with E-state index in [2.05, 4.69) is 244 Å². The number of rotatable bonds is 7. The quantitative estimate of drug-likeness (QED) is 0.156. The zero-order chi connectivity index (χ0) is 42.1. The van der Waals surface area contributed by atoms with Gasteiger partial charge in [-0.3, -0.25) is 0 Å². The number of nitrogens with zero attached hydrogens (tertiary/aromatic N) is 2. The Kier molecular flexibility index (Phi) is 8.87. The highest BCUT2D eigenvalue weighted by atomic mass is 15.1. The summed E-state index contributed by atoms with van der Waals surface area (Å²) in [5.41, 5.74) is 23.5. The maximum Gasteiger partial charge on any atom is 0.0547 e. The molecule has 2 nitrogen and oxygen atoms in total. The Morgan fingerprint density at radius 2 is 0.774 bits per heavy atom. The van der Waals surface area contributed by atoms with Crippen molar-refractivity contribution < 1.29 is 0 Å². The smallest absolute Gasteiger partial charge is 0.0547 e. The number of hydrogen-bond donors (Lipinski definition) is 0. The lowest BCUT2D eigenvalue weighted by molar-refractivity contribution is 0.660. The molecule has 9 aromatic carbocycles. The minimum absolute atomic E-state index is 0.0419. The van der Waals surface area contributed by atoms with E-state index in [1.54, 1.807) is 0 Å². The summed E-state index contributed by atoms with van der Waals surface area (Å²) in [5.74, 6) is 0. The zero-order valence-corrected chi connectivity index (χ0v) is 35.9. The lowest BCUT2D eigenvalue weighted by Crippen LogP contribution is -2.15. The molecule has 1 aliphatic carbocycles. The molecule has 10 aromatic rings. The van der Waals surface area contributed by atoms with Crippen LogP contribution in [0.3, 0.4) is 0 Å². The Balaban J connectivity index is 0.930. The molecule has 0 aliphatic heterocycles. The lowest BCUT2D eigenvalue weighted by Gasteiger charge is -2.26. The Hall–Kier alpha value is -7.42. The van der Waals surface area contributed by atoms with Crippen LogP contribution in [-0.4, -0.2) is 4.57 Å². The van der Waals surface area contributed by atoms with Gasteiger partial charge in [0.05, 0.1) is 11.0 Å². The number of aromatic nitrogens is 1. The van der Waals surface area contributed by atoms with Crippen LogP contribution in [0.2, 0.25) is 0 Å². The molecule has 2 heteroatoms. The van der Waals surface area contributed by atoms with E-state index in [9.17, 15) is 0 Å². The van der Waals surface area contributed by atoms with Crippen molar-refractivity contribution >= 4 is 38.9 Å². The molecule has 0 N–H and O–H groups in total. The third-order valence-corrected chi connectivity index (χ3v) is 13.2. The fourth-order valence-corrected chi connectivity index (χ4v) is 9.76. The minimum Gasteiger partial charge on any atom is -0.311 e. The van der Waals surface area contributed by atoms with Gasteiger partial charge in [-0.2, -0.15) is 0 Å². The summed E-state index contributed by atoms with van der Waals surface area (Å²) in [5, 5.41) is 2.51. The van der Waals surface area contributed by atoms with E-state index in [4.69, 9.17) is 0 Å². The maximum absolute atomic E-state index is 2.41. The molecule has 0 bridgehead atoms. The molecule has 0 spiro atoms. The summed E-state index contributed by atoms with van der Waals surface area (Å²) in [6.45, 7) is 11.2. The van der Waals surface area contributed by atoms with Crippen molar-refractivity contribution in [3.05, 3.63) is 228 Å². The highest BCUT2D eigenvalue weighted by Gasteiger charge is 2.35. The molecule has 0 saturated carbocycles. The van der Waals surface area contributed by atoms with E-state index < -0.39 is 0 Å². The molecule has 0 saturated heterocycles. The Morgan fingerprint density at radius 3 is 1.40 bits per heavy atom. The topological polar surface area (TPSA) is 8.17 Å². The average Bonchev–Trinajstić information content (AvgIpc) is 3.75. The number of benzene rings is 9. The number of fused-ring (bicyclic) bond motifs is 6. The normalized spacial score (nSPS) is 12.7. The summed E-state index contributed by atoms with van der Waals surface area (Å²) in [4.78, 5) is 2.36. The van der Waals surface area contributed by atoms with Gasteiger partial charge in [-0.05, 0) is 143 Å². The molecule has 0 unspecified atom stereocenters. The summed E-state index contributed by atoms with van der Waals surface area (Å²) in [6, 6.07) is 74.3. The molecule has 0 radical (unpaired) electrons. The van der Waals surface area contributed by atoms with Crippen LogP contribution in [0.4, 0.5) is 17.1 Å². The molecule has 62 heavy (non-hydrogen) atoms. The molecule has 11 rings (SSSR count). The van der Waals surface area contributed by atoms with Gasteiger partial charge in [0.15, 0.2) is 0 Å². The van der Waals surface area contributed by atoms with Gasteiger partial charge in [0, 0.05) is 38.9 Å². The predicted octanol–water partition coefficient (Wildman–Crippen LogP) is 16.5. The van der Waals surface area contributed by atoms with Gasteiger partial charge in [-0.15, -0.1) is 0 Å². The van der Waals surface area contributed by atoms with Gasteiger partial charge in [0.2, 0.25) is 0 Å². The van der Waals surface area contributed by atoms with E-state index in [0.717, 1.165) is 22.7 Å². The largest absolute Gasteiger partial charge is 0.311 e. The second-order valence-corrected chi connectivity index (χ2v) is 17.7. The lowest BCUT2D eigenvalue weighted by atomic mass is 9.81. The highest BCUT2D eigenvalue weighted by molar-refractivity contribution is 6.10. The Bertz CT molecular complexity index is 3290. The van der Waals surface area contributed by atoms with Crippen molar-refractivity contribution in [2.24, 2.45) is 0 Å². The monoisotopic (exact) mass is 796 g/mol. The third-order valence-electron chi connectivity index (χ3n) is 13.2. The first-order chi connectivity index (χ1) is 30.2. The van der Waals surface area contributed by atoms with Crippen molar-refractivity contribution in [3.8, 4) is 50.2 Å². The summed E-state index contributed by atoms with van der Waals surface area (Å²) < 4.78 is 2.41. The maximum atomic E-state index is 2.41. The van der Waals surface area contributed by atoms with E-state index in [1.165, 1.54) is 94.1 Å². The van der Waals surface area contributed by atoms with Crippen molar-refractivity contribution in [2.75, 3.05) is 4.90 Å². The van der Waals surface area contributed by atoms with Gasteiger partial charge >= 0.3 is 0 Å². The summed E-state index contributed by atoms with van der Waals surface area (Å²) >= 11 is 0. The van der Waals surface area contributed by atoms with Gasteiger partial charge in [-0.25, -0.2) is 0 Å². The number of anilines is 3. The molecule has 298 valence electrons. The van der Waals surface area contributed by atoms with Crippen LogP contribution in [-0.2, 0) is 5.41 Å². The van der Waals surface area contributed by atoms with E-state index in [0.29, 0.717) is 0 Å². The van der Waals surface area contributed by atoms with E-state index >= 15 is 0 Å². The Labute approximate surface area is 365 Å². The fraction of sp³-hybridized carbons (Fsp3) is 0.100. The molecular formula is C60H48N2. The number of para-hydroxylation sites is 1. The van der Waals surface area contributed by atoms with Crippen LogP contribution >= 0.6 is 0 Å². The van der Waals surface area contributed by atoms with Crippen LogP contribution in [0.1, 0.15) is 41.7 Å². The predicted molar refractivity (Wildman–Crippen MR) is 264 cm³/mol. The number of aryl methyl sites for hydroxylation is 3. The van der Waals surface area contributed by atoms with Crippen LogP contribution in [0.15, 0.2) is 200 Å². The van der Waals surface area contributed by atoms with Crippen molar-refractivity contribution in [1.29, 1.82) is 0 Å². The SMILES string of the molecule is Cc1ccc(-c2ccc(-n3c4ccccc4c4ccc(-c5ccc(N(c6ccc(C)cc6)c6ccc(-c7ccc8c(c7)C(C)(C)c7cc(C)ccc7-8)cc6)cc5)cc43)cc2)cc1. The summed E-state index contributed by atoms with van der Waals surface area (Å²) in [7, 11) is 0. The van der Waals surface area contributed by atoms with Crippen molar-refractivity contribution in [2.45, 2.75) is 40.0 Å². The second kappa shape index (κ2) is 14.6. The van der Waals surface area contributed by atoms with Gasteiger partial charge in [0.25, 0.3) is 0 Å². The first-order valence-electron chi connectivity index (χ1n) is 21.7. The van der Waals surface area contributed by atoms with Crippen LogP contribution in [0, 0.1) is 20.8 Å². The summed E-state index contributed by atoms with van der Waals surface area (Å²) in [6.07, 6.45) is 0. The Morgan fingerprint density at radius 1 is 0.355 bits per heavy atom. The second-order valence-electron chi connectivity index (χ2n) is 17.7. The first-order valence-corrected chi connectivity index (χ1v) is 21.7. The molecule has 0 amide bonds. The van der Waals surface area contributed by atoms with Crippen molar-refractivity contribution in [1.82, 2.24) is 4.57 Å². The first kappa shape index (κ1) is 37.6. The fourth-order valence-electron chi connectivity index (χ4n) is 9.76. The minimum atomic E-state index is -0.0419. The molecule has 1 heterocycles. The van der Waals surface area contributed by atoms with Crippen LogP contribution < -0.4 is 4.90 Å². The standard InChI is InChI=1S/C60H48N2/c1-39-10-15-42(16-11-39)43-17-31-51(32-18-43)62-58-9-7-6-8-54(58)55-35-24-47(38-59(55)62)45-21-29-50(30-22-45)61(48-25-12-40(2)13-26-48)49-27-19-44(20-28-49)46-23-34-53-52-33-14-41(3)36-56(52)60(4,5)57(53)37-46/h6-38H,1-5H3. The zero-order valence-electron chi connectivity index (χ0n) is 35.9. The van der Waals surface area contributed by atoms with Gasteiger partial charge in [0.1, 0.15) is 0 Å². The number of hydrogen-bond acceptors (Lipinski definition) is 1. The molecule has 0 fully saturated rings. The van der Waals surface area contributed by atoms with E-state index in [1.807, 2.05) is 0 Å². The highest BCUT2D eigenvalue weighted by Crippen LogP contribution is 2.50. The molecule has 1 aromatic heterocycles. The van der Waals surface area contributed by atoms with Gasteiger partial charge < -0.3 is 9.47 Å². The molecular weight excluding hydrogens is 749 g/mol. The van der Waals surface area contributed by atoms with Crippen molar-refractivity contribution in [3.63, 3.8) is 0 Å². The van der Waals surface area contributed by atoms with Crippen LogP contribution in [0.5, 0.6) is 0 Å². The molecule has 0 atom stereocenters. The van der Waals surface area contributed by atoms with E-state index in [-0.39, 0.29) is 5.41 Å². The van der Waals surface area contributed by atoms with Gasteiger partial charge in [-0.1, -0.05) is 164 Å².